The smallest absolute Gasteiger partial charge is 0.161 e. The fourth-order valence-electron chi connectivity index (χ4n) is 3.53. The number of likely N-dealkylation sites (tertiary alicyclic amines) is 1. The highest BCUT2D eigenvalue weighted by Crippen LogP contribution is 2.35. The van der Waals surface area contributed by atoms with E-state index >= 15 is 0 Å². The second-order valence-electron chi connectivity index (χ2n) is 6.90. The zero-order valence-corrected chi connectivity index (χ0v) is 14.6. The van der Waals surface area contributed by atoms with E-state index in [-0.39, 0.29) is 6.10 Å². The van der Waals surface area contributed by atoms with E-state index in [1.54, 1.807) is 0 Å². The lowest BCUT2D eigenvalue weighted by atomic mass is 10.0. The predicted octanol–water partition coefficient (Wildman–Crippen LogP) is 2.21. The molecule has 2 aromatic rings. The van der Waals surface area contributed by atoms with Gasteiger partial charge < -0.3 is 14.6 Å². The summed E-state index contributed by atoms with van der Waals surface area (Å²) in [5.74, 6) is 1.61. The first kappa shape index (κ1) is 16.4. The average molecular weight is 343 g/mol. The minimum Gasteiger partial charge on any atom is -0.490 e. The summed E-state index contributed by atoms with van der Waals surface area (Å²) in [6.45, 7) is 4.08. The Bertz CT molecular complexity index is 736. The second-order valence-corrected chi connectivity index (χ2v) is 6.90. The molecule has 3 heterocycles. The molecule has 6 heteroatoms. The molecular formula is C19H25N3O3. The van der Waals surface area contributed by atoms with Crippen LogP contribution in [0.15, 0.2) is 24.4 Å². The maximum Gasteiger partial charge on any atom is 0.161 e. The van der Waals surface area contributed by atoms with Crippen molar-refractivity contribution in [1.29, 1.82) is 0 Å². The molecule has 0 bridgehead atoms. The molecule has 0 radical (unpaired) electrons. The summed E-state index contributed by atoms with van der Waals surface area (Å²) in [6, 6.07) is 6.07. The molecule has 1 aromatic carbocycles. The minimum absolute atomic E-state index is 0.147. The number of hydrogen-bond donors (Lipinski definition) is 1. The number of fused-ring (bicyclic) bond motifs is 1. The third-order valence-corrected chi connectivity index (χ3v) is 4.88. The number of aliphatic hydroxyl groups is 1. The number of benzene rings is 1. The van der Waals surface area contributed by atoms with Crippen molar-refractivity contribution in [2.45, 2.75) is 31.9 Å². The predicted molar refractivity (Wildman–Crippen MR) is 94.8 cm³/mol. The minimum atomic E-state index is -0.147. The molecule has 0 atom stereocenters. The topological polar surface area (TPSA) is 59.8 Å². The molecular weight excluding hydrogens is 318 g/mol. The zero-order chi connectivity index (χ0) is 17.2. The van der Waals surface area contributed by atoms with Crippen LogP contribution in [0.2, 0.25) is 0 Å². The van der Waals surface area contributed by atoms with Crippen molar-refractivity contribution in [2.75, 3.05) is 26.3 Å². The van der Waals surface area contributed by atoms with Crippen LogP contribution in [-0.4, -0.2) is 52.2 Å². The van der Waals surface area contributed by atoms with E-state index in [1.165, 1.54) is 5.56 Å². The Morgan fingerprint density at radius 1 is 1.16 bits per heavy atom. The number of aromatic nitrogens is 2. The molecule has 2 aliphatic rings. The lowest BCUT2D eigenvalue weighted by Crippen LogP contribution is -2.35. The number of ether oxygens (including phenoxy) is 2. The summed E-state index contributed by atoms with van der Waals surface area (Å²) < 4.78 is 13.4. The Hall–Kier alpha value is -2.05. The average Bonchev–Trinajstić information content (AvgIpc) is 2.82. The number of nitrogens with zero attached hydrogens (tertiary/aromatic N) is 3. The van der Waals surface area contributed by atoms with Gasteiger partial charge in [-0.05, 0) is 31.0 Å². The number of rotatable bonds is 3. The summed E-state index contributed by atoms with van der Waals surface area (Å²) in [4.78, 5) is 2.39. The molecule has 1 fully saturated rings. The molecule has 0 unspecified atom stereocenters. The normalized spacial score (nSPS) is 19.0. The van der Waals surface area contributed by atoms with Gasteiger partial charge in [-0.25, -0.2) is 0 Å². The number of aryl methyl sites for hydroxylation is 1. The number of hydrogen-bond acceptors (Lipinski definition) is 5. The first-order valence-electron chi connectivity index (χ1n) is 9.02. The number of piperidine rings is 1. The molecule has 4 rings (SSSR count). The van der Waals surface area contributed by atoms with Crippen LogP contribution >= 0.6 is 0 Å². The highest BCUT2D eigenvalue weighted by molar-refractivity contribution is 5.66. The van der Waals surface area contributed by atoms with Gasteiger partial charge in [0.1, 0.15) is 0 Å². The third kappa shape index (κ3) is 3.65. The van der Waals surface area contributed by atoms with Gasteiger partial charge >= 0.3 is 0 Å². The third-order valence-electron chi connectivity index (χ3n) is 4.88. The molecule has 0 saturated carbocycles. The SMILES string of the molecule is Cn1cc(CN2CCC(O)CC2)c(-c2ccc3c(c2)OCCCO3)n1. The largest absolute Gasteiger partial charge is 0.490 e. The van der Waals surface area contributed by atoms with E-state index in [4.69, 9.17) is 9.47 Å². The van der Waals surface area contributed by atoms with Crippen LogP contribution in [0, 0.1) is 0 Å². The van der Waals surface area contributed by atoms with Crippen LogP contribution in [0.25, 0.3) is 11.3 Å². The highest BCUT2D eigenvalue weighted by Gasteiger charge is 2.20. The van der Waals surface area contributed by atoms with Crippen molar-refractivity contribution in [3.63, 3.8) is 0 Å². The second kappa shape index (κ2) is 7.06. The van der Waals surface area contributed by atoms with Gasteiger partial charge in [0, 0.05) is 50.4 Å². The van der Waals surface area contributed by atoms with Crippen LogP contribution in [0.4, 0.5) is 0 Å². The zero-order valence-electron chi connectivity index (χ0n) is 14.6. The lowest BCUT2D eigenvalue weighted by Gasteiger charge is -2.29. The first-order chi connectivity index (χ1) is 12.2. The van der Waals surface area contributed by atoms with Crippen molar-refractivity contribution >= 4 is 0 Å². The maximum absolute atomic E-state index is 9.70. The fraction of sp³-hybridized carbons (Fsp3) is 0.526. The molecule has 25 heavy (non-hydrogen) atoms. The molecule has 1 saturated heterocycles. The molecule has 0 amide bonds. The molecule has 6 nitrogen and oxygen atoms in total. The van der Waals surface area contributed by atoms with Crippen molar-refractivity contribution in [2.24, 2.45) is 7.05 Å². The molecule has 0 spiro atoms. The van der Waals surface area contributed by atoms with Crippen molar-refractivity contribution < 1.29 is 14.6 Å². The first-order valence-corrected chi connectivity index (χ1v) is 9.02. The number of aliphatic hydroxyl groups excluding tert-OH is 1. The van der Waals surface area contributed by atoms with Gasteiger partial charge in [-0.3, -0.25) is 9.58 Å². The lowest BCUT2D eigenvalue weighted by molar-refractivity contribution is 0.0793. The van der Waals surface area contributed by atoms with Crippen molar-refractivity contribution in [3.8, 4) is 22.8 Å². The summed E-state index contributed by atoms with van der Waals surface area (Å²) in [7, 11) is 1.95. The van der Waals surface area contributed by atoms with Crippen molar-refractivity contribution in [1.82, 2.24) is 14.7 Å². The van der Waals surface area contributed by atoms with E-state index in [9.17, 15) is 5.11 Å². The Kier molecular flexibility index (Phi) is 4.63. The molecule has 134 valence electrons. The van der Waals surface area contributed by atoms with Gasteiger partial charge in [0.15, 0.2) is 11.5 Å². The molecule has 1 N–H and O–H groups in total. The molecule has 1 aromatic heterocycles. The van der Waals surface area contributed by atoms with Gasteiger partial charge in [-0.15, -0.1) is 0 Å². The Balaban J connectivity index is 1.59. The van der Waals surface area contributed by atoms with Crippen LogP contribution in [-0.2, 0) is 13.6 Å². The van der Waals surface area contributed by atoms with Crippen molar-refractivity contribution in [3.05, 3.63) is 30.0 Å². The monoisotopic (exact) mass is 343 g/mol. The van der Waals surface area contributed by atoms with Crippen LogP contribution in [0.5, 0.6) is 11.5 Å². The van der Waals surface area contributed by atoms with E-state index in [2.05, 4.69) is 22.3 Å². The summed E-state index contributed by atoms with van der Waals surface area (Å²) in [5, 5.41) is 14.4. The summed E-state index contributed by atoms with van der Waals surface area (Å²) in [5.41, 5.74) is 3.24. The standard InChI is InChI=1S/C19H25N3O3/c1-21-12-15(13-22-7-5-16(23)6-8-22)19(20-21)14-3-4-17-18(11-14)25-10-2-9-24-17/h3-4,11-12,16,23H,2,5-10,13H2,1H3. The van der Waals surface area contributed by atoms with E-state index < -0.39 is 0 Å². The van der Waals surface area contributed by atoms with Gasteiger partial charge in [0.05, 0.1) is 25.0 Å². The van der Waals surface area contributed by atoms with E-state index in [0.29, 0.717) is 13.2 Å². The highest BCUT2D eigenvalue weighted by atomic mass is 16.5. The van der Waals surface area contributed by atoms with Gasteiger partial charge in [0.2, 0.25) is 0 Å². The Morgan fingerprint density at radius 3 is 2.72 bits per heavy atom. The molecule has 0 aliphatic carbocycles. The molecule has 2 aliphatic heterocycles. The van der Waals surface area contributed by atoms with E-state index in [1.807, 2.05) is 23.9 Å². The summed E-state index contributed by atoms with van der Waals surface area (Å²) >= 11 is 0. The quantitative estimate of drug-likeness (QED) is 0.926. The van der Waals surface area contributed by atoms with Gasteiger partial charge in [0.25, 0.3) is 0 Å². The van der Waals surface area contributed by atoms with Crippen LogP contribution < -0.4 is 9.47 Å². The Morgan fingerprint density at radius 2 is 1.92 bits per heavy atom. The Labute approximate surface area is 148 Å². The van der Waals surface area contributed by atoms with Crippen LogP contribution in [0.1, 0.15) is 24.8 Å². The van der Waals surface area contributed by atoms with E-state index in [0.717, 1.165) is 61.7 Å². The summed E-state index contributed by atoms with van der Waals surface area (Å²) in [6.07, 6.45) is 4.54. The maximum atomic E-state index is 9.70. The fourth-order valence-corrected chi connectivity index (χ4v) is 3.53. The van der Waals surface area contributed by atoms with Gasteiger partial charge in [-0.2, -0.15) is 5.10 Å². The van der Waals surface area contributed by atoms with Gasteiger partial charge in [-0.1, -0.05) is 0 Å². The van der Waals surface area contributed by atoms with Crippen LogP contribution in [0.3, 0.4) is 0 Å².